The highest BCUT2D eigenvalue weighted by molar-refractivity contribution is 5.31. The van der Waals surface area contributed by atoms with Crippen LogP contribution in [0.5, 0.6) is 0 Å². The summed E-state index contributed by atoms with van der Waals surface area (Å²) in [7, 11) is 0. The molecular weight excluding hydrogens is 1440 g/mol. The molecule has 3 aliphatic carbocycles. The lowest BCUT2D eigenvalue weighted by Crippen LogP contribution is -2.27. The number of hydrogen-bond donors (Lipinski definition) is 0. The maximum atomic E-state index is 11.8. The smallest absolute Gasteiger partial charge is 0.265 e. The minimum atomic E-state index is -0.341. The summed E-state index contributed by atoms with van der Waals surface area (Å²) in [6, 6.07) is 22.1. The number of hydrogen-bond acceptors (Lipinski definition) is 24. The number of pyridine rings is 3. The van der Waals surface area contributed by atoms with E-state index in [1.165, 1.54) is 89.8 Å². The molecule has 0 spiro atoms. The number of nitrogens with zero attached hydrogens (tertiary/aromatic N) is 31. The average molecular weight is 1550 g/mol. The zero-order valence-electron chi connectivity index (χ0n) is 64.6. The van der Waals surface area contributed by atoms with E-state index in [0.717, 1.165) is 52.6 Å². The Morgan fingerprint density at radius 1 is 0.277 bits per heavy atom. The van der Waals surface area contributed by atoms with E-state index in [1.54, 1.807) is 186 Å². The van der Waals surface area contributed by atoms with Gasteiger partial charge in [0.2, 0.25) is 0 Å². The van der Waals surface area contributed by atoms with Crippen molar-refractivity contribution in [2.75, 3.05) is 0 Å². The highest BCUT2D eigenvalue weighted by Crippen LogP contribution is 2.32. The molecule has 3 aliphatic rings. The maximum Gasteiger partial charge on any atom is 0.374 e. The highest BCUT2D eigenvalue weighted by Gasteiger charge is 2.28. The van der Waals surface area contributed by atoms with Gasteiger partial charge in [0.05, 0.1) is 41.4 Å². The number of tetrazole rings is 7. The lowest BCUT2D eigenvalue weighted by atomic mass is 9.96. The van der Waals surface area contributed by atoms with Gasteiger partial charge >= 0.3 is 39.8 Å². The standard InChI is InChI=1S/C10H16N4O.C10H10N4O.3C9H9N5O.C9H14N4O.C7H10N4O.4C2H6.3CH4/c2*1-2-8-13-10(15)14(12-11-13)9-6-4-3-5-7-9;1-2-7-13-9(15)14(12-11-13)8-3-5-10-6-4-8;1-2-7-13-9(15)14(12-11-13)8-5-3-4-6-10-8;1-2-6-13-9(15)14(12-11-13)8-4-3-5-10-7-8;1-2-7-12-9(14)13(11-10-12)8-5-3-4-6-8;1-2-5-10-7(12)11(9-8-10)6-3-4-6;4*1-2;;;/h2,8-9H,3-7H2,1H3;2-8H,1H3;3*2-7H,1H3;2,7-8H,3-6H2,1H3;2,5-6H,3-4H2,1H3;4*1-2H3;3*1H4/b2*8-2-;2*7-2-;6-2-;7-2-;5-2-;;;;;;;. The molecule has 14 rings (SSSR count). The average Bonchev–Trinajstić information content (AvgIpc) is 1.63. The minimum Gasteiger partial charge on any atom is -0.265 e. The lowest BCUT2D eigenvalue weighted by Gasteiger charge is -2.19. The van der Waals surface area contributed by atoms with Crippen molar-refractivity contribution in [3.05, 3.63) is 220 Å². The summed E-state index contributed by atoms with van der Waals surface area (Å²) in [5, 5.41) is 52.6. The third-order valence-electron chi connectivity index (χ3n) is 14.5. The van der Waals surface area contributed by atoms with Crippen molar-refractivity contribution in [2.45, 2.75) is 215 Å². The van der Waals surface area contributed by atoms with Crippen molar-refractivity contribution in [1.82, 2.24) is 153 Å². The van der Waals surface area contributed by atoms with Gasteiger partial charge in [-0.15, -0.1) is 4.68 Å². The first-order valence-corrected chi connectivity index (χ1v) is 36.3. The molecule has 10 aromatic heterocycles. The van der Waals surface area contributed by atoms with Gasteiger partial charge in [-0.1, -0.05) is 177 Å². The van der Waals surface area contributed by atoms with Gasteiger partial charge in [-0.3, -0.25) is 9.97 Å². The van der Waals surface area contributed by atoms with E-state index in [9.17, 15) is 33.6 Å². The largest absolute Gasteiger partial charge is 0.374 e. The SMILES string of the molecule is C.C.C.C/C=C\n1nnn(-c2ccccc2)c1=O.C/C=C\n1nnn(-c2ccccn2)c1=O.C/C=C\n1nnn(-c2cccnc2)c1=O.C/C=C\n1nnn(-c2ccncc2)c1=O.C/C=C\n1nnn(C2CC2)c1=O.C/C=C\n1nnn(C2CCCC2)c1=O.C/C=C\n1nnn(C2CCCCC2)c1=O.CC.CC.CC.CC. The zero-order chi connectivity index (χ0) is 79.9. The van der Waals surface area contributed by atoms with Gasteiger partial charge in [-0.2, -0.15) is 60.9 Å². The highest BCUT2D eigenvalue weighted by atomic mass is 16.2. The molecule has 38 heteroatoms. The summed E-state index contributed by atoms with van der Waals surface area (Å²) in [4.78, 5) is 93.4. The Labute approximate surface area is 651 Å². The molecule has 10 heterocycles. The topological polar surface area (TPSA) is 408 Å². The van der Waals surface area contributed by atoms with E-state index in [-0.39, 0.29) is 74.2 Å². The van der Waals surface area contributed by atoms with Crippen LogP contribution in [0.1, 0.15) is 215 Å². The van der Waals surface area contributed by atoms with Crippen LogP contribution < -0.4 is 39.8 Å². The molecule has 0 aliphatic heterocycles. The molecule has 112 heavy (non-hydrogen) atoms. The third-order valence-corrected chi connectivity index (χ3v) is 14.5. The monoisotopic (exact) mass is 1550 g/mol. The molecule has 1 aromatic carbocycles. The molecule has 0 saturated heterocycles. The Balaban J connectivity index is 0.000000641. The Bertz CT molecular complexity index is 4590. The second-order valence-corrected chi connectivity index (χ2v) is 21.7. The van der Waals surface area contributed by atoms with E-state index in [0.29, 0.717) is 28.9 Å². The van der Waals surface area contributed by atoms with Gasteiger partial charge in [0.1, 0.15) is 0 Å². The first-order valence-electron chi connectivity index (χ1n) is 36.3. The first-order chi connectivity index (χ1) is 53.3. The van der Waals surface area contributed by atoms with E-state index in [2.05, 4.69) is 87.9 Å². The van der Waals surface area contributed by atoms with E-state index >= 15 is 0 Å². The molecule has 3 fully saturated rings. The molecule has 0 bridgehead atoms. The fraction of sp³-hybridized carbons (Fsp3) is 0.432. The van der Waals surface area contributed by atoms with Crippen molar-refractivity contribution in [2.24, 2.45) is 0 Å². The normalized spacial score (nSPS) is 12.8. The molecule has 0 radical (unpaired) electrons. The Hall–Kier alpha value is -13.1. The van der Waals surface area contributed by atoms with Gasteiger partial charge in [-0.25, -0.2) is 38.5 Å². The van der Waals surface area contributed by atoms with Crippen molar-refractivity contribution in [1.29, 1.82) is 0 Å². The van der Waals surface area contributed by atoms with Crippen molar-refractivity contribution in [3.63, 3.8) is 0 Å². The first kappa shape index (κ1) is 97.0. The van der Waals surface area contributed by atoms with Gasteiger partial charge < -0.3 is 0 Å². The number of allylic oxidation sites excluding steroid dienone is 7. The molecule has 3 saturated carbocycles. The summed E-state index contributed by atoms with van der Waals surface area (Å²) in [6.07, 6.45) is 43.5. The van der Waals surface area contributed by atoms with Crippen LogP contribution in [-0.2, 0) is 0 Å². The molecule has 606 valence electrons. The molecule has 11 aromatic rings. The van der Waals surface area contributed by atoms with Crippen LogP contribution in [-0.4, -0.2) is 153 Å². The van der Waals surface area contributed by atoms with Crippen LogP contribution >= 0.6 is 0 Å². The third kappa shape index (κ3) is 28.5. The van der Waals surface area contributed by atoms with Crippen LogP contribution in [0.15, 0.2) is 180 Å². The quantitative estimate of drug-likeness (QED) is 0.0976. The minimum absolute atomic E-state index is 0. The second-order valence-electron chi connectivity index (χ2n) is 21.7. The summed E-state index contributed by atoms with van der Waals surface area (Å²) >= 11 is 0. The van der Waals surface area contributed by atoms with Gasteiger partial charge in [-0.05, 0) is 209 Å². The molecule has 0 atom stereocenters. The second kappa shape index (κ2) is 54.5. The Morgan fingerprint density at radius 3 is 0.902 bits per heavy atom. The van der Waals surface area contributed by atoms with Crippen molar-refractivity contribution >= 4 is 43.4 Å². The van der Waals surface area contributed by atoms with Crippen LogP contribution in [0.3, 0.4) is 0 Å². The number of benzene rings is 1. The number of aromatic nitrogens is 31. The van der Waals surface area contributed by atoms with Crippen molar-refractivity contribution in [3.8, 4) is 22.9 Å². The molecular formula is C74H113N31O7. The predicted octanol–water partition coefficient (Wildman–Crippen LogP) is 10.6. The molecule has 0 amide bonds. The van der Waals surface area contributed by atoms with Gasteiger partial charge in [0.15, 0.2) is 5.82 Å². The number of para-hydroxylation sites is 1. The predicted molar refractivity (Wildman–Crippen MR) is 439 cm³/mol. The fourth-order valence-electron chi connectivity index (χ4n) is 9.60. The van der Waals surface area contributed by atoms with Crippen LogP contribution in [0, 0.1) is 0 Å². The Kier molecular flexibility index (Phi) is 47.2. The van der Waals surface area contributed by atoms with Gasteiger partial charge in [0, 0.05) is 68.2 Å². The number of rotatable bonds is 14. The molecule has 0 N–H and O–H groups in total. The van der Waals surface area contributed by atoms with Crippen LogP contribution in [0.25, 0.3) is 66.3 Å². The van der Waals surface area contributed by atoms with Gasteiger partial charge in [0.25, 0.3) is 0 Å². The summed E-state index contributed by atoms with van der Waals surface area (Å²) in [5.74, 6) is 0.457. The summed E-state index contributed by atoms with van der Waals surface area (Å²) in [5.41, 5.74) is 0.305. The van der Waals surface area contributed by atoms with E-state index in [4.69, 9.17) is 0 Å². The summed E-state index contributed by atoms with van der Waals surface area (Å²) in [6.45, 7) is 28.8. The lowest BCUT2D eigenvalue weighted by molar-refractivity contribution is 0.318. The fourth-order valence-corrected chi connectivity index (χ4v) is 9.60. The van der Waals surface area contributed by atoms with Crippen LogP contribution in [0.2, 0.25) is 0 Å². The zero-order valence-corrected chi connectivity index (χ0v) is 64.6. The van der Waals surface area contributed by atoms with Crippen molar-refractivity contribution < 1.29 is 0 Å². The molecule has 38 nitrogen and oxygen atoms in total. The maximum absolute atomic E-state index is 11.8. The Morgan fingerprint density at radius 2 is 0.571 bits per heavy atom. The van der Waals surface area contributed by atoms with E-state index in [1.807, 2.05) is 101 Å². The van der Waals surface area contributed by atoms with E-state index < -0.39 is 0 Å². The molecule has 0 unspecified atom stereocenters. The summed E-state index contributed by atoms with van der Waals surface area (Å²) < 4.78 is 17.7. The van der Waals surface area contributed by atoms with Crippen LogP contribution in [0.4, 0.5) is 0 Å².